The van der Waals surface area contributed by atoms with Crippen LogP contribution >= 0.6 is 0 Å². The van der Waals surface area contributed by atoms with Gasteiger partial charge in [0.1, 0.15) is 18.3 Å². The van der Waals surface area contributed by atoms with Crippen LogP contribution in [0, 0.1) is 0 Å². The van der Waals surface area contributed by atoms with Crippen molar-refractivity contribution in [1.82, 2.24) is 0 Å². The molecule has 1 fully saturated rings. The van der Waals surface area contributed by atoms with Gasteiger partial charge >= 0.3 is 0 Å². The summed E-state index contributed by atoms with van der Waals surface area (Å²) < 4.78 is 10.4. The third kappa shape index (κ3) is 3.90. The first kappa shape index (κ1) is 14.3. The van der Waals surface area contributed by atoms with Crippen molar-refractivity contribution in [2.75, 3.05) is 6.61 Å². The Kier molecular flexibility index (Phi) is 5.29. The largest absolute Gasteiger partial charge is 0.388 e. The zero-order valence-corrected chi connectivity index (χ0v) is 9.65. The predicted molar refractivity (Wildman–Crippen MR) is 56.7 cm³/mol. The van der Waals surface area contributed by atoms with Crippen LogP contribution in [0.4, 0.5) is 0 Å². The maximum Gasteiger partial charge on any atom is 0.217 e. The minimum Gasteiger partial charge on any atom is -0.388 e. The summed E-state index contributed by atoms with van der Waals surface area (Å²) in [5.41, 5.74) is 4.95. The van der Waals surface area contributed by atoms with E-state index in [0.29, 0.717) is 6.42 Å². The summed E-state index contributed by atoms with van der Waals surface area (Å²) in [7, 11) is 0. The van der Waals surface area contributed by atoms with Crippen molar-refractivity contribution in [3.63, 3.8) is 0 Å². The highest BCUT2D eigenvalue weighted by atomic mass is 16.7. The first-order chi connectivity index (χ1) is 7.93. The molecule has 5 N–H and O–H groups in total. The van der Waals surface area contributed by atoms with E-state index >= 15 is 0 Å². The topological polar surface area (TPSA) is 122 Å². The molecule has 0 aromatic rings. The highest BCUT2D eigenvalue weighted by Gasteiger charge is 2.42. The molecule has 1 rings (SSSR count). The highest BCUT2D eigenvalue weighted by Crippen LogP contribution is 2.21. The minimum absolute atomic E-state index is 0.181. The third-order valence-electron chi connectivity index (χ3n) is 2.66. The van der Waals surface area contributed by atoms with Crippen LogP contribution in [0.25, 0.3) is 0 Å². The SMILES string of the molecule is C[C@@H]1O[C@@H](OCCCC(N)=O)[C@@H](O)[C@H](O)[C@@H]1O. The molecule has 0 saturated carbocycles. The van der Waals surface area contributed by atoms with Crippen LogP contribution in [0.5, 0.6) is 0 Å². The van der Waals surface area contributed by atoms with E-state index in [0.717, 1.165) is 0 Å². The average Bonchev–Trinajstić information content (AvgIpc) is 2.27. The number of amides is 1. The molecule has 0 aromatic carbocycles. The fraction of sp³-hybridized carbons (Fsp3) is 0.900. The summed E-state index contributed by atoms with van der Waals surface area (Å²) in [5, 5.41) is 28.5. The van der Waals surface area contributed by atoms with Gasteiger partial charge in [-0.3, -0.25) is 4.79 Å². The normalized spacial score (nSPS) is 38.0. The summed E-state index contributed by atoms with van der Waals surface area (Å²) in [6, 6.07) is 0. The van der Waals surface area contributed by atoms with Crippen LogP contribution in [-0.4, -0.2) is 58.5 Å². The number of hydrogen-bond donors (Lipinski definition) is 4. The van der Waals surface area contributed by atoms with Crippen molar-refractivity contribution in [3.8, 4) is 0 Å². The van der Waals surface area contributed by atoms with Gasteiger partial charge in [-0.2, -0.15) is 0 Å². The summed E-state index contributed by atoms with van der Waals surface area (Å²) in [6.07, 6.45) is -4.80. The number of rotatable bonds is 5. The Bertz CT molecular complexity index is 261. The van der Waals surface area contributed by atoms with Gasteiger partial charge in [-0.05, 0) is 13.3 Å². The van der Waals surface area contributed by atoms with Gasteiger partial charge in [0.25, 0.3) is 0 Å². The van der Waals surface area contributed by atoms with Crippen LogP contribution in [-0.2, 0) is 14.3 Å². The van der Waals surface area contributed by atoms with Gasteiger partial charge in [-0.1, -0.05) is 0 Å². The van der Waals surface area contributed by atoms with E-state index in [9.17, 15) is 20.1 Å². The van der Waals surface area contributed by atoms with Crippen molar-refractivity contribution < 1.29 is 29.6 Å². The molecule has 1 aliphatic heterocycles. The van der Waals surface area contributed by atoms with E-state index < -0.39 is 36.6 Å². The van der Waals surface area contributed by atoms with E-state index in [1.165, 1.54) is 0 Å². The minimum atomic E-state index is -1.31. The number of carbonyl (C=O) groups excluding carboxylic acids is 1. The predicted octanol–water partition coefficient (Wildman–Crippen LogP) is -1.90. The number of aliphatic hydroxyl groups is 3. The van der Waals surface area contributed by atoms with Crippen LogP contribution in [0.1, 0.15) is 19.8 Å². The summed E-state index contributed by atoms with van der Waals surface area (Å²) in [5.74, 6) is -0.428. The van der Waals surface area contributed by atoms with E-state index in [-0.39, 0.29) is 13.0 Å². The molecular formula is C10H19NO6. The van der Waals surface area contributed by atoms with E-state index in [1.807, 2.05) is 0 Å². The molecular weight excluding hydrogens is 230 g/mol. The van der Waals surface area contributed by atoms with Crippen molar-refractivity contribution in [2.24, 2.45) is 5.73 Å². The standard InChI is InChI=1S/C10H19NO6/c1-5-7(13)8(14)9(15)10(17-5)16-4-2-3-6(11)12/h5,7-10,13-15H,2-4H2,1H3,(H2,11,12)/t5-,7+,8+,9-,10+/m0/s1. The van der Waals surface area contributed by atoms with Gasteiger partial charge < -0.3 is 30.5 Å². The van der Waals surface area contributed by atoms with Gasteiger partial charge in [0.05, 0.1) is 12.7 Å². The van der Waals surface area contributed by atoms with Gasteiger partial charge in [0.2, 0.25) is 5.91 Å². The summed E-state index contributed by atoms with van der Waals surface area (Å²) in [4.78, 5) is 10.5. The molecule has 7 heteroatoms. The van der Waals surface area contributed by atoms with Gasteiger partial charge in [-0.15, -0.1) is 0 Å². The Hall–Kier alpha value is -0.730. The summed E-state index contributed by atoms with van der Waals surface area (Å²) in [6.45, 7) is 1.75. The Balaban J connectivity index is 2.35. The van der Waals surface area contributed by atoms with Crippen LogP contribution < -0.4 is 5.73 Å². The number of aliphatic hydroxyl groups excluding tert-OH is 3. The van der Waals surface area contributed by atoms with Gasteiger partial charge in [0, 0.05) is 6.42 Å². The number of nitrogens with two attached hydrogens (primary N) is 1. The molecule has 17 heavy (non-hydrogen) atoms. The lowest BCUT2D eigenvalue weighted by atomic mass is 10.0. The first-order valence-corrected chi connectivity index (χ1v) is 5.53. The molecule has 0 bridgehead atoms. The van der Waals surface area contributed by atoms with E-state index in [1.54, 1.807) is 6.92 Å². The maximum atomic E-state index is 10.5. The second-order valence-corrected chi connectivity index (χ2v) is 4.12. The smallest absolute Gasteiger partial charge is 0.217 e. The molecule has 1 amide bonds. The molecule has 7 nitrogen and oxygen atoms in total. The molecule has 0 aromatic heterocycles. The zero-order chi connectivity index (χ0) is 13.0. The van der Waals surface area contributed by atoms with Gasteiger partial charge in [-0.25, -0.2) is 0 Å². The summed E-state index contributed by atoms with van der Waals surface area (Å²) >= 11 is 0. The lowest BCUT2D eigenvalue weighted by Crippen LogP contribution is -2.57. The second kappa shape index (κ2) is 6.27. The molecule has 1 aliphatic rings. The molecule has 0 radical (unpaired) electrons. The Morgan fingerprint density at radius 1 is 1.29 bits per heavy atom. The number of ether oxygens (including phenoxy) is 2. The lowest BCUT2D eigenvalue weighted by Gasteiger charge is -2.38. The Morgan fingerprint density at radius 2 is 1.94 bits per heavy atom. The molecule has 100 valence electrons. The molecule has 0 aliphatic carbocycles. The van der Waals surface area contributed by atoms with Crippen LogP contribution in [0.15, 0.2) is 0 Å². The van der Waals surface area contributed by atoms with Crippen LogP contribution in [0.3, 0.4) is 0 Å². The number of primary amides is 1. The molecule has 1 heterocycles. The Morgan fingerprint density at radius 3 is 2.53 bits per heavy atom. The van der Waals surface area contributed by atoms with E-state index in [2.05, 4.69) is 0 Å². The van der Waals surface area contributed by atoms with Crippen LogP contribution in [0.2, 0.25) is 0 Å². The number of hydrogen-bond acceptors (Lipinski definition) is 6. The quantitative estimate of drug-likeness (QED) is 0.422. The Labute approximate surface area is 99.1 Å². The number of carbonyl (C=O) groups is 1. The van der Waals surface area contributed by atoms with Crippen molar-refractivity contribution in [3.05, 3.63) is 0 Å². The third-order valence-corrected chi connectivity index (χ3v) is 2.66. The first-order valence-electron chi connectivity index (χ1n) is 5.53. The van der Waals surface area contributed by atoms with Crippen molar-refractivity contribution in [2.45, 2.75) is 50.5 Å². The van der Waals surface area contributed by atoms with Gasteiger partial charge in [0.15, 0.2) is 6.29 Å². The monoisotopic (exact) mass is 249 g/mol. The lowest BCUT2D eigenvalue weighted by molar-refractivity contribution is -0.293. The van der Waals surface area contributed by atoms with Crippen molar-refractivity contribution in [1.29, 1.82) is 0 Å². The van der Waals surface area contributed by atoms with E-state index in [4.69, 9.17) is 15.2 Å². The molecule has 0 spiro atoms. The fourth-order valence-corrected chi connectivity index (χ4v) is 1.60. The average molecular weight is 249 g/mol. The molecule has 0 unspecified atom stereocenters. The zero-order valence-electron chi connectivity index (χ0n) is 9.65. The highest BCUT2D eigenvalue weighted by molar-refractivity contribution is 5.73. The molecule has 1 saturated heterocycles. The maximum absolute atomic E-state index is 10.5. The van der Waals surface area contributed by atoms with Crippen molar-refractivity contribution >= 4 is 5.91 Å². The second-order valence-electron chi connectivity index (χ2n) is 4.12. The fourth-order valence-electron chi connectivity index (χ4n) is 1.60. The molecule has 5 atom stereocenters.